The van der Waals surface area contributed by atoms with Gasteiger partial charge in [0.2, 0.25) is 0 Å². The lowest BCUT2D eigenvalue weighted by molar-refractivity contribution is 0.0930. The monoisotopic (exact) mass is 398 g/mol. The van der Waals surface area contributed by atoms with Crippen LogP contribution in [0.15, 0.2) is 45.5 Å². The molecule has 1 atom stereocenters. The molecule has 1 unspecified atom stereocenters. The number of aromatic nitrogens is 1. The second-order valence-electron chi connectivity index (χ2n) is 4.55. The third-order valence-electron chi connectivity index (χ3n) is 3.16. The van der Waals surface area contributed by atoms with Crippen LogP contribution >= 0.6 is 31.9 Å². The summed E-state index contributed by atoms with van der Waals surface area (Å²) < 4.78 is 3.84. The standard InChI is InChI=1S/C15H16Br2N2O/c1-3-19-9-11(16)8-14(19)15(20)18-10(2)12-6-4-5-7-13(12)17/h4-10H,3H2,1-2H3,(H,18,20). The minimum absolute atomic E-state index is 0.0583. The molecule has 1 aromatic carbocycles. The summed E-state index contributed by atoms with van der Waals surface area (Å²) in [6.07, 6.45) is 1.91. The summed E-state index contributed by atoms with van der Waals surface area (Å²) in [5, 5.41) is 3.03. The Morgan fingerprint density at radius 1 is 1.35 bits per heavy atom. The molecule has 0 saturated heterocycles. The first kappa shape index (κ1) is 15.3. The molecule has 0 radical (unpaired) electrons. The fraction of sp³-hybridized carbons (Fsp3) is 0.267. The summed E-state index contributed by atoms with van der Waals surface area (Å²) in [6, 6.07) is 9.69. The smallest absolute Gasteiger partial charge is 0.268 e. The van der Waals surface area contributed by atoms with Crippen molar-refractivity contribution < 1.29 is 4.79 Å². The Hall–Kier alpha value is -1.07. The second kappa shape index (κ2) is 6.59. The van der Waals surface area contributed by atoms with Crippen molar-refractivity contribution in [2.75, 3.05) is 0 Å². The lowest BCUT2D eigenvalue weighted by atomic mass is 10.1. The van der Waals surface area contributed by atoms with Gasteiger partial charge in [-0.25, -0.2) is 0 Å². The molecule has 0 bridgehead atoms. The van der Waals surface area contributed by atoms with Gasteiger partial charge >= 0.3 is 0 Å². The van der Waals surface area contributed by atoms with Crippen LogP contribution < -0.4 is 5.32 Å². The predicted octanol–water partition coefficient (Wildman–Crippen LogP) is 4.52. The zero-order chi connectivity index (χ0) is 14.7. The number of hydrogen-bond donors (Lipinski definition) is 1. The normalized spacial score (nSPS) is 12.2. The van der Waals surface area contributed by atoms with Crippen LogP contribution in [-0.4, -0.2) is 10.5 Å². The Morgan fingerprint density at radius 2 is 2.05 bits per heavy atom. The average molecular weight is 400 g/mol. The maximum absolute atomic E-state index is 12.4. The van der Waals surface area contributed by atoms with Crippen LogP contribution in [0, 0.1) is 0 Å². The van der Waals surface area contributed by atoms with E-state index >= 15 is 0 Å². The van der Waals surface area contributed by atoms with Crippen molar-refractivity contribution in [3.63, 3.8) is 0 Å². The van der Waals surface area contributed by atoms with Crippen LogP contribution in [0.1, 0.15) is 35.9 Å². The van der Waals surface area contributed by atoms with Gasteiger partial charge in [-0.1, -0.05) is 34.1 Å². The number of carbonyl (C=O) groups excluding carboxylic acids is 1. The van der Waals surface area contributed by atoms with Gasteiger partial charge in [-0.15, -0.1) is 0 Å². The molecule has 2 rings (SSSR count). The topological polar surface area (TPSA) is 34.0 Å². The molecule has 0 fully saturated rings. The molecule has 106 valence electrons. The number of hydrogen-bond acceptors (Lipinski definition) is 1. The molecule has 0 aliphatic rings. The summed E-state index contributed by atoms with van der Waals surface area (Å²) in [6.45, 7) is 4.75. The first-order valence-electron chi connectivity index (χ1n) is 6.44. The maximum atomic E-state index is 12.4. The van der Waals surface area contributed by atoms with Crippen molar-refractivity contribution in [2.45, 2.75) is 26.4 Å². The van der Waals surface area contributed by atoms with Gasteiger partial charge in [0, 0.05) is 21.7 Å². The lowest BCUT2D eigenvalue weighted by Crippen LogP contribution is -2.28. The van der Waals surface area contributed by atoms with Crippen LogP contribution in [0.4, 0.5) is 0 Å². The number of aryl methyl sites for hydroxylation is 1. The van der Waals surface area contributed by atoms with Gasteiger partial charge in [-0.05, 0) is 47.5 Å². The van der Waals surface area contributed by atoms with Crippen molar-refractivity contribution in [1.29, 1.82) is 0 Å². The SMILES string of the molecule is CCn1cc(Br)cc1C(=O)NC(C)c1ccccc1Br. The molecule has 1 aromatic heterocycles. The molecule has 0 saturated carbocycles. The molecule has 0 aliphatic heterocycles. The first-order chi connectivity index (χ1) is 9.52. The van der Waals surface area contributed by atoms with Gasteiger partial charge in [0.05, 0.1) is 6.04 Å². The van der Waals surface area contributed by atoms with Gasteiger partial charge in [-0.3, -0.25) is 4.79 Å². The summed E-state index contributed by atoms with van der Waals surface area (Å²) >= 11 is 6.92. The Balaban J connectivity index is 2.17. The molecular formula is C15H16Br2N2O. The fourth-order valence-electron chi connectivity index (χ4n) is 2.10. The second-order valence-corrected chi connectivity index (χ2v) is 6.32. The minimum atomic E-state index is -0.0687. The Bertz CT molecular complexity index is 622. The van der Waals surface area contributed by atoms with E-state index in [9.17, 15) is 4.79 Å². The highest BCUT2D eigenvalue weighted by molar-refractivity contribution is 9.10. The molecule has 5 heteroatoms. The highest BCUT2D eigenvalue weighted by Crippen LogP contribution is 2.23. The maximum Gasteiger partial charge on any atom is 0.268 e. The zero-order valence-electron chi connectivity index (χ0n) is 11.4. The molecule has 2 aromatic rings. The number of nitrogens with zero attached hydrogens (tertiary/aromatic N) is 1. The predicted molar refractivity (Wildman–Crippen MR) is 87.8 cm³/mol. The van der Waals surface area contributed by atoms with Crippen LogP contribution in [0.25, 0.3) is 0 Å². The van der Waals surface area contributed by atoms with Crippen LogP contribution in [0.5, 0.6) is 0 Å². The van der Waals surface area contributed by atoms with Gasteiger partial charge in [0.1, 0.15) is 5.69 Å². The van der Waals surface area contributed by atoms with E-state index in [4.69, 9.17) is 0 Å². The van der Waals surface area contributed by atoms with Gasteiger partial charge < -0.3 is 9.88 Å². The van der Waals surface area contributed by atoms with Crippen LogP contribution in [0.2, 0.25) is 0 Å². The number of amides is 1. The average Bonchev–Trinajstić information content (AvgIpc) is 2.80. The third-order valence-corrected chi connectivity index (χ3v) is 4.31. The Morgan fingerprint density at radius 3 is 2.70 bits per heavy atom. The molecule has 0 aliphatic carbocycles. The van der Waals surface area contributed by atoms with E-state index in [1.807, 2.05) is 54.9 Å². The lowest BCUT2D eigenvalue weighted by Gasteiger charge is -2.16. The van der Waals surface area contributed by atoms with E-state index in [0.29, 0.717) is 5.69 Å². The zero-order valence-corrected chi connectivity index (χ0v) is 14.5. The first-order valence-corrected chi connectivity index (χ1v) is 8.02. The minimum Gasteiger partial charge on any atom is -0.344 e. The van der Waals surface area contributed by atoms with Crippen molar-refractivity contribution in [3.05, 3.63) is 56.7 Å². The van der Waals surface area contributed by atoms with Crippen LogP contribution in [-0.2, 0) is 6.54 Å². The van der Waals surface area contributed by atoms with Crippen molar-refractivity contribution in [3.8, 4) is 0 Å². The fourth-order valence-corrected chi connectivity index (χ4v) is 3.19. The van der Waals surface area contributed by atoms with E-state index in [1.165, 1.54) is 0 Å². The van der Waals surface area contributed by atoms with Crippen molar-refractivity contribution in [1.82, 2.24) is 9.88 Å². The number of benzene rings is 1. The highest BCUT2D eigenvalue weighted by Gasteiger charge is 2.16. The largest absolute Gasteiger partial charge is 0.344 e. The van der Waals surface area contributed by atoms with Gasteiger partial charge in [-0.2, -0.15) is 0 Å². The summed E-state index contributed by atoms with van der Waals surface area (Å²) in [5.74, 6) is -0.0687. The highest BCUT2D eigenvalue weighted by atomic mass is 79.9. The Labute approximate surface area is 135 Å². The summed E-state index contributed by atoms with van der Waals surface area (Å²) in [7, 11) is 0. The van der Waals surface area contributed by atoms with Crippen molar-refractivity contribution in [2.24, 2.45) is 0 Å². The quantitative estimate of drug-likeness (QED) is 0.805. The van der Waals surface area contributed by atoms with Crippen molar-refractivity contribution >= 4 is 37.8 Å². The summed E-state index contributed by atoms with van der Waals surface area (Å²) in [4.78, 5) is 12.4. The van der Waals surface area contributed by atoms with E-state index in [0.717, 1.165) is 21.1 Å². The van der Waals surface area contributed by atoms with Gasteiger partial charge in [0.15, 0.2) is 0 Å². The molecular weight excluding hydrogens is 384 g/mol. The molecule has 0 spiro atoms. The van der Waals surface area contributed by atoms with Gasteiger partial charge in [0.25, 0.3) is 5.91 Å². The van der Waals surface area contributed by atoms with E-state index in [-0.39, 0.29) is 11.9 Å². The van der Waals surface area contributed by atoms with Crippen LogP contribution in [0.3, 0.4) is 0 Å². The Kier molecular flexibility index (Phi) is 5.05. The summed E-state index contributed by atoms with van der Waals surface area (Å²) in [5.41, 5.74) is 1.73. The number of carbonyl (C=O) groups is 1. The third kappa shape index (κ3) is 3.33. The molecule has 1 amide bonds. The van der Waals surface area contributed by atoms with E-state index < -0.39 is 0 Å². The number of rotatable bonds is 4. The number of nitrogens with one attached hydrogen (secondary N) is 1. The van der Waals surface area contributed by atoms with E-state index in [2.05, 4.69) is 37.2 Å². The molecule has 20 heavy (non-hydrogen) atoms. The molecule has 1 N–H and O–H groups in total. The van der Waals surface area contributed by atoms with E-state index in [1.54, 1.807) is 0 Å². The number of halogens is 2. The molecule has 1 heterocycles. The molecule has 3 nitrogen and oxygen atoms in total.